The number of benzene rings is 3. The fourth-order valence-electron chi connectivity index (χ4n) is 3.38. The maximum Gasteiger partial charge on any atom is 0.310 e. The van der Waals surface area contributed by atoms with Crippen LogP contribution >= 0.6 is 0 Å². The first kappa shape index (κ1) is 22.1. The van der Waals surface area contributed by atoms with E-state index in [1.165, 1.54) is 0 Å². The van der Waals surface area contributed by atoms with Crippen LogP contribution < -0.4 is 4.74 Å². The first-order valence-electron chi connectivity index (χ1n) is 10.3. The van der Waals surface area contributed by atoms with Crippen molar-refractivity contribution in [3.8, 4) is 22.9 Å². The second-order valence-corrected chi connectivity index (χ2v) is 8.45. The molecular formula is C27H27NO3. The van der Waals surface area contributed by atoms with Gasteiger partial charge in [-0.2, -0.15) is 5.26 Å². The average molecular weight is 414 g/mol. The van der Waals surface area contributed by atoms with Crippen LogP contribution in [0.1, 0.15) is 43.0 Å². The van der Waals surface area contributed by atoms with E-state index in [-0.39, 0.29) is 12.4 Å². The lowest BCUT2D eigenvalue weighted by atomic mass is 9.96. The van der Waals surface area contributed by atoms with E-state index in [4.69, 9.17) is 9.47 Å². The molecule has 31 heavy (non-hydrogen) atoms. The molecule has 0 saturated heterocycles. The number of hydrogen-bond acceptors (Lipinski definition) is 4. The predicted molar refractivity (Wildman–Crippen MR) is 122 cm³/mol. The number of esters is 1. The van der Waals surface area contributed by atoms with Crippen LogP contribution in [-0.2, 0) is 22.6 Å². The van der Waals surface area contributed by atoms with E-state index in [2.05, 4.69) is 12.1 Å². The smallest absolute Gasteiger partial charge is 0.310 e. The Bertz CT molecular complexity index is 1120. The molecule has 4 heteroatoms. The van der Waals surface area contributed by atoms with Gasteiger partial charge in [-0.25, -0.2) is 0 Å². The molecular weight excluding hydrogens is 386 g/mol. The number of rotatable bonds is 6. The molecule has 0 heterocycles. The van der Waals surface area contributed by atoms with Gasteiger partial charge in [-0.1, -0.05) is 48.5 Å². The van der Waals surface area contributed by atoms with Crippen LogP contribution in [0.5, 0.6) is 5.75 Å². The standard InChI is InChI=1S/C27H27NO3/c1-19-23(17-28)12-8-13-24(19)21-11-7-9-20(15-21)18-30-25-14-6-5-10-22(25)16-26(29)31-27(2,3)4/h5-15H,16,18H2,1-4H3. The van der Waals surface area contributed by atoms with Crippen molar-refractivity contribution in [2.75, 3.05) is 0 Å². The Morgan fingerprint density at radius 1 is 1.00 bits per heavy atom. The van der Waals surface area contributed by atoms with Crippen molar-refractivity contribution >= 4 is 5.97 Å². The van der Waals surface area contributed by atoms with Crippen molar-refractivity contribution in [2.45, 2.75) is 46.3 Å². The monoisotopic (exact) mass is 413 g/mol. The van der Waals surface area contributed by atoms with Gasteiger partial charge in [-0.3, -0.25) is 4.79 Å². The van der Waals surface area contributed by atoms with Crippen LogP contribution in [0.2, 0.25) is 0 Å². The average Bonchev–Trinajstić information content (AvgIpc) is 2.72. The van der Waals surface area contributed by atoms with Gasteiger partial charge in [-0.05, 0) is 68.1 Å². The summed E-state index contributed by atoms with van der Waals surface area (Å²) in [7, 11) is 0. The van der Waals surface area contributed by atoms with Gasteiger partial charge in [0.25, 0.3) is 0 Å². The topological polar surface area (TPSA) is 59.3 Å². The van der Waals surface area contributed by atoms with Crippen molar-refractivity contribution in [3.05, 3.63) is 89.0 Å². The van der Waals surface area contributed by atoms with Crippen LogP contribution in [0.15, 0.2) is 66.7 Å². The molecule has 0 spiro atoms. The van der Waals surface area contributed by atoms with E-state index in [0.29, 0.717) is 17.9 Å². The van der Waals surface area contributed by atoms with E-state index in [9.17, 15) is 10.1 Å². The lowest BCUT2D eigenvalue weighted by Gasteiger charge is -2.20. The zero-order valence-electron chi connectivity index (χ0n) is 18.4. The van der Waals surface area contributed by atoms with Gasteiger partial charge in [0.15, 0.2) is 0 Å². The number of para-hydroxylation sites is 1. The van der Waals surface area contributed by atoms with Gasteiger partial charge in [0.2, 0.25) is 0 Å². The highest BCUT2D eigenvalue weighted by Gasteiger charge is 2.18. The van der Waals surface area contributed by atoms with Crippen LogP contribution in [0.25, 0.3) is 11.1 Å². The molecule has 4 nitrogen and oxygen atoms in total. The Labute approximate surface area is 184 Å². The summed E-state index contributed by atoms with van der Waals surface area (Å²) in [6.45, 7) is 7.90. The number of carbonyl (C=O) groups is 1. The first-order chi connectivity index (χ1) is 14.8. The minimum atomic E-state index is -0.520. The Morgan fingerprint density at radius 2 is 1.74 bits per heavy atom. The number of ether oxygens (including phenoxy) is 2. The zero-order chi connectivity index (χ0) is 22.4. The third-order valence-corrected chi connectivity index (χ3v) is 4.81. The van der Waals surface area contributed by atoms with Crippen LogP contribution in [0.4, 0.5) is 0 Å². The highest BCUT2D eigenvalue weighted by molar-refractivity contribution is 5.74. The fraction of sp³-hybridized carbons (Fsp3) is 0.259. The van der Waals surface area contributed by atoms with Crippen molar-refractivity contribution in [3.63, 3.8) is 0 Å². The summed E-state index contributed by atoms with van der Waals surface area (Å²) in [6, 6.07) is 23.6. The highest BCUT2D eigenvalue weighted by atomic mass is 16.6. The Kier molecular flexibility index (Phi) is 6.77. The van der Waals surface area contributed by atoms with E-state index >= 15 is 0 Å². The van der Waals surface area contributed by atoms with Crippen molar-refractivity contribution < 1.29 is 14.3 Å². The molecule has 0 atom stereocenters. The molecule has 0 radical (unpaired) electrons. The Hall–Kier alpha value is -3.58. The summed E-state index contributed by atoms with van der Waals surface area (Å²) in [5.74, 6) is 0.389. The maximum absolute atomic E-state index is 12.2. The van der Waals surface area contributed by atoms with Crippen LogP contribution in [-0.4, -0.2) is 11.6 Å². The molecule has 3 aromatic carbocycles. The summed E-state index contributed by atoms with van der Waals surface area (Å²) in [6.07, 6.45) is 0.160. The van der Waals surface area contributed by atoms with Gasteiger partial charge >= 0.3 is 5.97 Å². The van der Waals surface area contributed by atoms with Gasteiger partial charge in [0.1, 0.15) is 18.0 Å². The van der Waals surface area contributed by atoms with E-state index in [1.807, 2.05) is 88.4 Å². The molecule has 0 aromatic heterocycles. The number of hydrogen-bond donors (Lipinski definition) is 0. The van der Waals surface area contributed by atoms with Gasteiger partial charge in [0.05, 0.1) is 18.1 Å². The summed E-state index contributed by atoms with van der Waals surface area (Å²) in [5, 5.41) is 9.30. The summed E-state index contributed by atoms with van der Waals surface area (Å²) < 4.78 is 11.5. The van der Waals surface area contributed by atoms with E-state index in [0.717, 1.165) is 27.8 Å². The van der Waals surface area contributed by atoms with Gasteiger partial charge < -0.3 is 9.47 Å². The minimum Gasteiger partial charge on any atom is -0.489 e. The summed E-state index contributed by atoms with van der Waals surface area (Å²) in [5.41, 5.74) is 5.00. The van der Waals surface area contributed by atoms with E-state index in [1.54, 1.807) is 0 Å². The normalized spacial score (nSPS) is 10.9. The second kappa shape index (κ2) is 9.49. The molecule has 0 amide bonds. The lowest BCUT2D eigenvalue weighted by Crippen LogP contribution is -2.25. The molecule has 0 aliphatic carbocycles. The lowest BCUT2D eigenvalue weighted by molar-refractivity contribution is -0.153. The molecule has 0 bridgehead atoms. The van der Waals surface area contributed by atoms with E-state index < -0.39 is 5.60 Å². The third-order valence-electron chi connectivity index (χ3n) is 4.81. The summed E-state index contributed by atoms with van der Waals surface area (Å²) >= 11 is 0. The second-order valence-electron chi connectivity index (χ2n) is 8.45. The molecule has 3 rings (SSSR count). The van der Waals surface area contributed by atoms with Gasteiger partial charge in [0, 0.05) is 5.56 Å². The molecule has 0 aliphatic rings. The van der Waals surface area contributed by atoms with Crippen LogP contribution in [0, 0.1) is 18.3 Å². The molecule has 3 aromatic rings. The summed E-state index contributed by atoms with van der Waals surface area (Å²) in [4.78, 5) is 12.2. The number of nitriles is 1. The SMILES string of the molecule is Cc1c(C#N)cccc1-c1cccc(COc2ccccc2CC(=O)OC(C)(C)C)c1. The quantitative estimate of drug-likeness (QED) is 0.465. The molecule has 158 valence electrons. The van der Waals surface area contributed by atoms with Crippen molar-refractivity contribution in [2.24, 2.45) is 0 Å². The molecule has 0 unspecified atom stereocenters. The fourth-order valence-corrected chi connectivity index (χ4v) is 3.38. The maximum atomic E-state index is 12.2. The van der Waals surface area contributed by atoms with Crippen molar-refractivity contribution in [1.29, 1.82) is 5.26 Å². The minimum absolute atomic E-state index is 0.160. The predicted octanol–water partition coefficient (Wildman–Crippen LogP) is 6.00. The first-order valence-corrected chi connectivity index (χ1v) is 10.3. The number of carbonyl (C=O) groups excluding carboxylic acids is 1. The Balaban J connectivity index is 1.76. The zero-order valence-corrected chi connectivity index (χ0v) is 18.4. The molecule has 0 saturated carbocycles. The Morgan fingerprint density at radius 3 is 2.48 bits per heavy atom. The molecule has 0 fully saturated rings. The highest BCUT2D eigenvalue weighted by Crippen LogP contribution is 2.27. The van der Waals surface area contributed by atoms with Crippen molar-refractivity contribution in [1.82, 2.24) is 0 Å². The largest absolute Gasteiger partial charge is 0.489 e. The van der Waals surface area contributed by atoms with Gasteiger partial charge in [-0.15, -0.1) is 0 Å². The molecule has 0 N–H and O–H groups in total. The van der Waals surface area contributed by atoms with Crippen LogP contribution in [0.3, 0.4) is 0 Å². The number of nitrogens with zero attached hydrogens (tertiary/aromatic N) is 1. The molecule has 0 aliphatic heterocycles. The third kappa shape index (κ3) is 5.96.